The molecule has 1 saturated heterocycles. The lowest BCUT2D eigenvalue weighted by Crippen LogP contribution is -2.32. The number of amides is 1. The second-order valence-corrected chi connectivity index (χ2v) is 6.52. The molecule has 1 aliphatic heterocycles. The third-order valence-corrected chi connectivity index (χ3v) is 4.67. The number of carbonyl (C=O) groups excluding carboxylic acids is 1. The van der Waals surface area contributed by atoms with Crippen molar-refractivity contribution in [3.05, 3.63) is 54.4 Å². The normalized spacial score (nSPS) is 14.8. The highest BCUT2D eigenvalue weighted by atomic mass is 16.2. The number of anilines is 2. The molecule has 26 heavy (non-hydrogen) atoms. The Morgan fingerprint density at radius 3 is 2.50 bits per heavy atom. The van der Waals surface area contributed by atoms with Crippen LogP contribution in [0.2, 0.25) is 0 Å². The number of carbonyl (C=O) groups is 1. The summed E-state index contributed by atoms with van der Waals surface area (Å²) in [5.41, 5.74) is 2.14. The summed E-state index contributed by atoms with van der Waals surface area (Å²) in [5.74, 6) is 0.563. The molecule has 3 aromatic rings. The van der Waals surface area contributed by atoms with Gasteiger partial charge in [0.15, 0.2) is 11.5 Å². The van der Waals surface area contributed by atoms with Crippen LogP contribution in [0.4, 0.5) is 11.5 Å². The van der Waals surface area contributed by atoms with Crippen LogP contribution < -0.4 is 5.32 Å². The van der Waals surface area contributed by atoms with Gasteiger partial charge in [0, 0.05) is 24.7 Å². The molecule has 2 aromatic heterocycles. The molecule has 132 valence electrons. The van der Waals surface area contributed by atoms with Crippen LogP contribution in [-0.4, -0.2) is 39.1 Å². The van der Waals surface area contributed by atoms with Crippen molar-refractivity contribution in [2.75, 3.05) is 18.4 Å². The zero-order chi connectivity index (χ0) is 17.8. The van der Waals surface area contributed by atoms with Crippen LogP contribution in [0.5, 0.6) is 0 Å². The van der Waals surface area contributed by atoms with Crippen molar-refractivity contribution >= 4 is 28.3 Å². The first-order valence-electron chi connectivity index (χ1n) is 9.05. The van der Waals surface area contributed by atoms with Crippen LogP contribution in [0.3, 0.4) is 0 Å². The molecule has 0 aliphatic carbocycles. The van der Waals surface area contributed by atoms with E-state index in [0.717, 1.165) is 42.5 Å². The van der Waals surface area contributed by atoms with Crippen molar-refractivity contribution < 1.29 is 4.79 Å². The van der Waals surface area contributed by atoms with Crippen LogP contribution in [0.15, 0.2) is 48.7 Å². The molecule has 0 spiro atoms. The largest absolute Gasteiger partial charge is 0.337 e. The summed E-state index contributed by atoms with van der Waals surface area (Å²) >= 11 is 0. The Bertz CT molecular complexity index is 896. The standard InChI is InChI=1S/C20H21N5O/c26-20(25-13-3-1-2-4-14-25)17-10-11-18(24-23-17)22-16-9-5-7-15-8-6-12-21-19(15)16/h5-12H,1-4,13-14H2,(H,22,24). The van der Waals surface area contributed by atoms with E-state index in [1.165, 1.54) is 12.8 Å². The maximum Gasteiger partial charge on any atom is 0.274 e. The summed E-state index contributed by atoms with van der Waals surface area (Å²) in [6.45, 7) is 1.62. The van der Waals surface area contributed by atoms with Crippen molar-refractivity contribution in [2.24, 2.45) is 0 Å². The minimum absolute atomic E-state index is 0.0298. The number of likely N-dealkylation sites (tertiary alicyclic amines) is 1. The minimum Gasteiger partial charge on any atom is -0.337 e. The highest BCUT2D eigenvalue weighted by Crippen LogP contribution is 2.23. The highest BCUT2D eigenvalue weighted by molar-refractivity contribution is 5.93. The first-order valence-corrected chi connectivity index (χ1v) is 9.05. The molecule has 1 aliphatic rings. The molecule has 3 heterocycles. The van der Waals surface area contributed by atoms with Gasteiger partial charge in [-0.05, 0) is 37.1 Å². The highest BCUT2D eigenvalue weighted by Gasteiger charge is 2.18. The fraction of sp³-hybridized carbons (Fsp3) is 0.300. The van der Waals surface area contributed by atoms with Gasteiger partial charge in [-0.2, -0.15) is 0 Å². The Hall–Kier alpha value is -3.02. The maximum atomic E-state index is 12.6. The van der Waals surface area contributed by atoms with E-state index in [1.807, 2.05) is 35.2 Å². The number of hydrogen-bond acceptors (Lipinski definition) is 5. The number of pyridine rings is 1. The first-order chi connectivity index (χ1) is 12.8. The summed E-state index contributed by atoms with van der Waals surface area (Å²) in [6.07, 6.45) is 6.27. The Balaban J connectivity index is 1.51. The summed E-state index contributed by atoms with van der Waals surface area (Å²) in [7, 11) is 0. The lowest BCUT2D eigenvalue weighted by atomic mass is 10.2. The molecule has 6 heteroatoms. The van der Waals surface area contributed by atoms with Gasteiger partial charge >= 0.3 is 0 Å². The molecule has 0 bridgehead atoms. The SMILES string of the molecule is O=C(c1ccc(Nc2cccc3cccnc23)nn1)N1CCCCCC1. The van der Waals surface area contributed by atoms with E-state index in [0.29, 0.717) is 11.5 Å². The minimum atomic E-state index is -0.0298. The lowest BCUT2D eigenvalue weighted by Gasteiger charge is -2.19. The van der Waals surface area contributed by atoms with Crippen molar-refractivity contribution in [3.8, 4) is 0 Å². The third kappa shape index (κ3) is 3.49. The Morgan fingerprint density at radius 1 is 0.923 bits per heavy atom. The van der Waals surface area contributed by atoms with Crippen LogP contribution >= 0.6 is 0 Å². The lowest BCUT2D eigenvalue weighted by molar-refractivity contribution is 0.0754. The van der Waals surface area contributed by atoms with Gasteiger partial charge in [-0.25, -0.2) is 0 Å². The fourth-order valence-corrected chi connectivity index (χ4v) is 3.29. The summed E-state index contributed by atoms with van der Waals surface area (Å²) in [6, 6.07) is 13.4. The topological polar surface area (TPSA) is 71.0 Å². The van der Waals surface area contributed by atoms with Crippen molar-refractivity contribution in [3.63, 3.8) is 0 Å². The summed E-state index contributed by atoms with van der Waals surface area (Å²) in [5, 5.41) is 12.6. The first kappa shape index (κ1) is 16.4. The molecular formula is C20H21N5O. The molecular weight excluding hydrogens is 326 g/mol. The van der Waals surface area contributed by atoms with Crippen molar-refractivity contribution in [1.82, 2.24) is 20.1 Å². The van der Waals surface area contributed by atoms with E-state index in [4.69, 9.17) is 0 Å². The van der Waals surface area contributed by atoms with Gasteiger partial charge in [-0.3, -0.25) is 9.78 Å². The Morgan fingerprint density at radius 2 is 1.73 bits per heavy atom. The number of benzene rings is 1. The third-order valence-electron chi connectivity index (χ3n) is 4.67. The van der Waals surface area contributed by atoms with Gasteiger partial charge in [0.25, 0.3) is 5.91 Å². The van der Waals surface area contributed by atoms with Crippen LogP contribution in [0, 0.1) is 0 Å². The van der Waals surface area contributed by atoms with E-state index in [1.54, 1.807) is 18.3 Å². The number of rotatable bonds is 3. The van der Waals surface area contributed by atoms with Crippen molar-refractivity contribution in [2.45, 2.75) is 25.7 Å². The number of aromatic nitrogens is 3. The average molecular weight is 347 g/mol. The number of hydrogen-bond donors (Lipinski definition) is 1. The number of fused-ring (bicyclic) bond motifs is 1. The molecule has 1 aromatic carbocycles. The Kier molecular flexibility index (Phi) is 4.73. The number of nitrogens with one attached hydrogen (secondary N) is 1. The molecule has 4 rings (SSSR count). The predicted molar refractivity (Wildman–Crippen MR) is 101 cm³/mol. The summed E-state index contributed by atoms with van der Waals surface area (Å²) < 4.78 is 0. The van der Waals surface area contributed by atoms with Crippen LogP contribution in [0.25, 0.3) is 10.9 Å². The van der Waals surface area contributed by atoms with E-state index in [9.17, 15) is 4.79 Å². The smallest absolute Gasteiger partial charge is 0.274 e. The van der Waals surface area contributed by atoms with Crippen LogP contribution in [-0.2, 0) is 0 Å². The van der Waals surface area contributed by atoms with E-state index in [-0.39, 0.29) is 5.91 Å². The second-order valence-electron chi connectivity index (χ2n) is 6.52. The molecule has 6 nitrogen and oxygen atoms in total. The average Bonchev–Trinajstić information content (AvgIpc) is 2.98. The van der Waals surface area contributed by atoms with Gasteiger partial charge in [0.1, 0.15) is 0 Å². The van der Waals surface area contributed by atoms with Gasteiger partial charge in [-0.15, -0.1) is 10.2 Å². The molecule has 0 unspecified atom stereocenters. The Labute approximate surface area is 152 Å². The van der Waals surface area contributed by atoms with E-state index < -0.39 is 0 Å². The molecule has 0 saturated carbocycles. The van der Waals surface area contributed by atoms with Gasteiger partial charge in [0.2, 0.25) is 0 Å². The molecule has 1 amide bonds. The van der Waals surface area contributed by atoms with E-state index in [2.05, 4.69) is 20.5 Å². The number of nitrogens with zero attached hydrogens (tertiary/aromatic N) is 4. The molecule has 0 radical (unpaired) electrons. The molecule has 1 fully saturated rings. The van der Waals surface area contributed by atoms with Gasteiger partial charge in [0.05, 0.1) is 11.2 Å². The quantitative estimate of drug-likeness (QED) is 0.780. The van der Waals surface area contributed by atoms with E-state index >= 15 is 0 Å². The zero-order valence-corrected chi connectivity index (χ0v) is 14.6. The van der Waals surface area contributed by atoms with Gasteiger partial charge in [-0.1, -0.05) is 31.0 Å². The van der Waals surface area contributed by atoms with Crippen molar-refractivity contribution in [1.29, 1.82) is 0 Å². The van der Waals surface area contributed by atoms with Gasteiger partial charge < -0.3 is 10.2 Å². The molecule has 1 N–H and O–H groups in total. The predicted octanol–water partition coefficient (Wildman–Crippen LogP) is 3.78. The zero-order valence-electron chi connectivity index (χ0n) is 14.6. The second kappa shape index (κ2) is 7.47. The monoisotopic (exact) mass is 347 g/mol. The summed E-state index contributed by atoms with van der Waals surface area (Å²) in [4.78, 5) is 18.9. The number of para-hydroxylation sites is 1. The molecule has 0 atom stereocenters. The fourth-order valence-electron chi connectivity index (χ4n) is 3.29. The maximum absolute atomic E-state index is 12.6. The van der Waals surface area contributed by atoms with Crippen LogP contribution in [0.1, 0.15) is 36.2 Å².